The third-order valence-corrected chi connectivity index (χ3v) is 2.18. The van der Waals surface area contributed by atoms with Crippen LogP contribution in [0.4, 0.5) is 0 Å². The van der Waals surface area contributed by atoms with Gasteiger partial charge in [-0.3, -0.25) is 0 Å². The topological polar surface area (TPSA) is 0 Å². The Hall–Kier alpha value is 0. The summed E-state index contributed by atoms with van der Waals surface area (Å²) >= 11 is 0. The summed E-state index contributed by atoms with van der Waals surface area (Å²) in [5.74, 6) is 1.80. The molecule has 0 rings (SSSR count). The lowest BCUT2D eigenvalue weighted by Gasteiger charge is -2.11. The van der Waals surface area contributed by atoms with Crippen LogP contribution < -0.4 is 0 Å². The van der Waals surface area contributed by atoms with E-state index in [9.17, 15) is 0 Å². The van der Waals surface area contributed by atoms with Crippen LogP contribution in [0.1, 0.15) is 53.4 Å². The Kier molecular flexibility index (Phi) is 6.69. The normalized spacial score (nSPS) is 13.9. The van der Waals surface area contributed by atoms with Crippen LogP contribution in [0.3, 0.4) is 0 Å². The Morgan fingerprint density at radius 2 is 1.64 bits per heavy atom. The summed E-state index contributed by atoms with van der Waals surface area (Å²) in [5.41, 5.74) is 0. The Morgan fingerprint density at radius 1 is 1.00 bits per heavy atom. The first-order valence-corrected chi connectivity index (χ1v) is 4.94. The summed E-state index contributed by atoms with van der Waals surface area (Å²) < 4.78 is 0. The molecular formula is C11H23. The molecule has 0 heteroatoms. The van der Waals surface area contributed by atoms with Crippen molar-refractivity contribution in [2.45, 2.75) is 53.4 Å². The monoisotopic (exact) mass is 155 g/mol. The largest absolute Gasteiger partial charge is 0.0628 e. The summed E-state index contributed by atoms with van der Waals surface area (Å²) in [7, 11) is 0. The zero-order valence-electron chi connectivity index (χ0n) is 8.56. The van der Waals surface area contributed by atoms with Crippen molar-refractivity contribution in [1.82, 2.24) is 0 Å². The van der Waals surface area contributed by atoms with E-state index in [4.69, 9.17) is 0 Å². The SMILES string of the molecule is C[CH]CCC(C)CCC(C)C. The molecule has 0 aromatic carbocycles. The minimum absolute atomic E-state index is 0.878. The van der Waals surface area contributed by atoms with Gasteiger partial charge in [0.2, 0.25) is 0 Å². The second kappa shape index (κ2) is 6.69. The number of rotatable bonds is 6. The van der Waals surface area contributed by atoms with Gasteiger partial charge in [-0.05, 0) is 18.3 Å². The first-order valence-electron chi connectivity index (χ1n) is 4.94. The maximum atomic E-state index is 2.37. The second-order valence-corrected chi connectivity index (χ2v) is 4.06. The van der Waals surface area contributed by atoms with Crippen LogP contribution >= 0.6 is 0 Å². The van der Waals surface area contributed by atoms with E-state index in [1.165, 1.54) is 25.7 Å². The third-order valence-electron chi connectivity index (χ3n) is 2.18. The average Bonchev–Trinajstić information content (AvgIpc) is 1.97. The molecule has 0 fully saturated rings. The minimum atomic E-state index is 0.878. The van der Waals surface area contributed by atoms with Crippen LogP contribution in [0.5, 0.6) is 0 Å². The number of hydrogen-bond acceptors (Lipinski definition) is 0. The molecule has 1 radical (unpaired) electrons. The van der Waals surface area contributed by atoms with E-state index in [2.05, 4.69) is 34.1 Å². The van der Waals surface area contributed by atoms with Crippen LogP contribution in [0.15, 0.2) is 0 Å². The van der Waals surface area contributed by atoms with Gasteiger partial charge < -0.3 is 0 Å². The second-order valence-electron chi connectivity index (χ2n) is 4.06. The first kappa shape index (κ1) is 11.0. The van der Waals surface area contributed by atoms with E-state index < -0.39 is 0 Å². The van der Waals surface area contributed by atoms with Gasteiger partial charge in [0, 0.05) is 0 Å². The Labute approximate surface area is 72.4 Å². The quantitative estimate of drug-likeness (QED) is 0.542. The summed E-state index contributed by atoms with van der Waals surface area (Å²) in [6, 6.07) is 0. The van der Waals surface area contributed by atoms with E-state index in [-0.39, 0.29) is 0 Å². The lowest BCUT2D eigenvalue weighted by atomic mass is 9.95. The van der Waals surface area contributed by atoms with Crippen LogP contribution in [-0.2, 0) is 0 Å². The fourth-order valence-electron chi connectivity index (χ4n) is 1.21. The molecule has 0 aliphatic heterocycles. The predicted octanol–water partition coefficient (Wildman–Crippen LogP) is 4.06. The molecule has 0 aliphatic carbocycles. The van der Waals surface area contributed by atoms with Gasteiger partial charge in [0.15, 0.2) is 0 Å². The molecule has 1 atom stereocenters. The van der Waals surface area contributed by atoms with Gasteiger partial charge in [-0.2, -0.15) is 0 Å². The molecule has 0 N–H and O–H groups in total. The van der Waals surface area contributed by atoms with Gasteiger partial charge >= 0.3 is 0 Å². The smallest absolute Gasteiger partial charge is 0.0417 e. The maximum absolute atomic E-state index is 2.37. The lowest BCUT2D eigenvalue weighted by Crippen LogP contribution is -1.97. The van der Waals surface area contributed by atoms with E-state index in [0.717, 1.165) is 11.8 Å². The van der Waals surface area contributed by atoms with Crippen molar-refractivity contribution in [2.24, 2.45) is 11.8 Å². The maximum Gasteiger partial charge on any atom is -0.0417 e. The first-order chi connectivity index (χ1) is 5.16. The van der Waals surface area contributed by atoms with Gasteiger partial charge in [0.25, 0.3) is 0 Å². The molecule has 0 aromatic heterocycles. The van der Waals surface area contributed by atoms with Crippen LogP contribution in [0, 0.1) is 18.3 Å². The third kappa shape index (κ3) is 7.90. The molecule has 0 amide bonds. The molecule has 1 unspecified atom stereocenters. The van der Waals surface area contributed by atoms with Crippen LogP contribution in [0.25, 0.3) is 0 Å². The van der Waals surface area contributed by atoms with E-state index >= 15 is 0 Å². The average molecular weight is 155 g/mol. The van der Waals surface area contributed by atoms with Crippen LogP contribution in [0.2, 0.25) is 0 Å². The predicted molar refractivity (Wildman–Crippen MR) is 52.4 cm³/mol. The Balaban J connectivity index is 3.15. The summed E-state index contributed by atoms with van der Waals surface area (Å²) in [4.78, 5) is 0. The molecule has 0 saturated heterocycles. The van der Waals surface area contributed by atoms with E-state index in [1.807, 2.05) is 0 Å². The summed E-state index contributed by atoms with van der Waals surface area (Å²) in [6.07, 6.45) is 7.74. The van der Waals surface area contributed by atoms with E-state index in [1.54, 1.807) is 0 Å². The Morgan fingerprint density at radius 3 is 2.09 bits per heavy atom. The fraction of sp³-hybridized carbons (Fsp3) is 0.909. The molecule has 0 nitrogen and oxygen atoms in total. The van der Waals surface area contributed by atoms with Gasteiger partial charge in [0.1, 0.15) is 0 Å². The van der Waals surface area contributed by atoms with Gasteiger partial charge in [-0.25, -0.2) is 0 Å². The van der Waals surface area contributed by atoms with Crippen LogP contribution in [-0.4, -0.2) is 0 Å². The molecule has 0 aliphatic rings. The highest BCUT2D eigenvalue weighted by Crippen LogP contribution is 2.16. The molecule has 67 valence electrons. The number of hydrogen-bond donors (Lipinski definition) is 0. The van der Waals surface area contributed by atoms with Crippen molar-refractivity contribution < 1.29 is 0 Å². The molecule has 11 heavy (non-hydrogen) atoms. The molecule has 0 aromatic rings. The fourth-order valence-corrected chi connectivity index (χ4v) is 1.21. The summed E-state index contributed by atoms with van der Waals surface area (Å²) in [5, 5.41) is 0. The van der Waals surface area contributed by atoms with Crippen molar-refractivity contribution in [3.8, 4) is 0 Å². The van der Waals surface area contributed by atoms with Gasteiger partial charge in [0.05, 0.1) is 0 Å². The van der Waals surface area contributed by atoms with Crippen molar-refractivity contribution in [3.05, 3.63) is 6.42 Å². The zero-order valence-corrected chi connectivity index (χ0v) is 8.56. The highest BCUT2D eigenvalue weighted by molar-refractivity contribution is 4.61. The van der Waals surface area contributed by atoms with Crippen molar-refractivity contribution in [3.63, 3.8) is 0 Å². The van der Waals surface area contributed by atoms with E-state index in [0.29, 0.717) is 0 Å². The minimum Gasteiger partial charge on any atom is -0.0628 e. The van der Waals surface area contributed by atoms with Gasteiger partial charge in [-0.1, -0.05) is 53.4 Å². The highest BCUT2D eigenvalue weighted by Gasteiger charge is 2.02. The molecular weight excluding hydrogens is 132 g/mol. The lowest BCUT2D eigenvalue weighted by molar-refractivity contribution is 0.427. The van der Waals surface area contributed by atoms with Gasteiger partial charge in [-0.15, -0.1) is 0 Å². The Bertz CT molecular complexity index is 74.1. The standard InChI is InChI=1S/C11H23/c1-5-6-7-11(4)9-8-10(2)3/h5,10-11H,6-9H2,1-4H3. The zero-order chi connectivity index (χ0) is 8.69. The molecule has 0 spiro atoms. The van der Waals surface area contributed by atoms with Crippen molar-refractivity contribution in [2.75, 3.05) is 0 Å². The highest BCUT2D eigenvalue weighted by atomic mass is 14.1. The summed E-state index contributed by atoms with van der Waals surface area (Å²) in [6.45, 7) is 9.12. The molecule has 0 heterocycles. The number of unbranched alkanes of at least 4 members (excludes halogenated alkanes) is 1. The molecule has 0 bridgehead atoms. The van der Waals surface area contributed by atoms with Crippen molar-refractivity contribution in [1.29, 1.82) is 0 Å². The van der Waals surface area contributed by atoms with Crippen molar-refractivity contribution >= 4 is 0 Å². The molecule has 0 saturated carbocycles.